The fourth-order valence-corrected chi connectivity index (χ4v) is 2.07. The number of hydrogen-bond donors (Lipinski definition) is 2. The molecular formula is C15H10N2O4. The number of rotatable bonds is 3. The second-order valence-corrected chi connectivity index (χ2v) is 4.50. The highest BCUT2D eigenvalue weighted by Crippen LogP contribution is 2.21. The lowest BCUT2D eigenvalue weighted by Crippen LogP contribution is -1.97. The SMILES string of the molecule is O=C(O)c1cccc(-c2cn3cc(C(=O)O)ccc3n2)c1. The van der Waals surface area contributed by atoms with Crippen LogP contribution in [0.25, 0.3) is 16.9 Å². The van der Waals surface area contributed by atoms with Crippen molar-refractivity contribution < 1.29 is 19.8 Å². The first-order valence-corrected chi connectivity index (χ1v) is 6.10. The second-order valence-electron chi connectivity index (χ2n) is 4.50. The minimum Gasteiger partial charge on any atom is -0.478 e. The Labute approximate surface area is 118 Å². The van der Waals surface area contributed by atoms with Gasteiger partial charge in [0, 0.05) is 18.0 Å². The zero-order valence-electron chi connectivity index (χ0n) is 10.7. The van der Waals surface area contributed by atoms with Crippen LogP contribution in [0.1, 0.15) is 20.7 Å². The maximum Gasteiger partial charge on any atom is 0.337 e. The topological polar surface area (TPSA) is 91.9 Å². The lowest BCUT2D eigenvalue weighted by molar-refractivity contribution is 0.0686. The van der Waals surface area contributed by atoms with Crippen molar-refractivity contribution in [2.24, 2.45) is 0 Å². The first kappa shape index (κ1) is 12.9. The normalized spacial score (nSPS) is 10.7. The average Bonchev–Trinajstić information content (AvgIpc) is 2.90. The molecule has 0 aliphatic carbocycles. The molecular weight excluding hydrogens is 272 g/mol. The van der Waals surface area contributed by atoms with Gasteiger partial charge in [0.2, 0.25) is 0 Å². The summed E-state index contributed by atoms with van der Waals surface area (Å²) in [7, 11) is 0. The summed E-state index contributed by atoms with van der Waals surface area (Å²) in [6.45, 7) is 0. The van der Waals surface area contributed by atoms with Gasteiger partial charge in [0.15, 0.2) is 0 Å². The lowest BCUT2D eigenvalue weighted by atomic mass is 10.1. The number of hydrogen-bond acceptors (Lipinski definition) is 3. The number of benzene rings is 1. The third-order valence-corrected chi connectivity index (χ3v) is 3.10. The van der Waals surface area contributed by atoms with Gasteiger partial charge in [-0.05, 0) is 24.3 Å². The van der Waals surface area contributed by atoms with E-state index >= 15 is 0 Å². The second kappa shape index (κ2) is 4.75. The maximum absolute atomic E-state index is 11.0. The minimum atomic E-state index is -1.01. The molecule has 3 aromatic rings. The molecule has 0 amide bonds. The van der Waals surface area contributed by atoms with Crippen LogP contribution in [0.15, 0.2) is 48.8 Å². The van der Waals surface area contributed by atoms with Crippen LogP contribution in [0.3, 0.4) is 0 Å². The molecule has 0 saturated carbocycles. The van der Waals surface area contributed by atoms with Crippen LogP contribution in [0, 0.1) is 0 Å². The molecule has 0 saturated heterocycles. The number of pyridine rings is 1. The summed E-state index contributed by atoms with van der Waals surface area (Å²) in [4.78, 5) is 26.3. The molecule has 0 unspecified atom stereocenters. The van der Waals surface area contributed by atoms with Crippen LogP contribution in [0.4, 0.5) is 0 Å². The van der Waals surface area contributed by atoms with Crippen LogP contribution >= 0.6 is 0 Å². The standard InChI is InChI=1S/C15H10N2O4/c18-14(19)10-3-1-2-9(6-10)12-8-17-7-11(15(20)21)4-5-13(17)16-12/h1-8H,(H,18,19)(H,20,21). The molecule has 0 radical (unpaired) electrons. The summed E-state index contributed by atoms with van der Waals surface area (Å²) in [5, 5.41) is 18.0. The van der Waals surface area contributed by atoms with Gasteiger partial charge in [-0.1, -0.05) is 12.1 Å². The van der Waals surface area contributed by atoms with E-state index < -0.39 is 11.9 Å². The third-order valence-electron chi connectivity index (χ3n) is 3.10. The van der Waals surface area contributed by atoms with Crippen molar-refractivity contribution in [3.63, 3.8) is 0 Å². The van der Waals surface area contributed by atoms with Crippen molar-refractivity contribution >= 4 is 17.6 Å². The Morgan fingerprint density at radius 3 is 2.43 bits per heavy atom. The quantitative estimate of drug-likeness (QED) is 0.769. The molecule has 2 aromatic heterocycles. The predicted molar refractivity (Wildman–Crippen MR) is 74.5 cm³/mol. The highest BCUT2D eigenvalue weighted by molar-refractivity contribution is 5.89. The number of carboxylic acid groups (broad SMARTS) is 2. The summed E-state index contributed by atoms with van der Waals surface area (Å²) in [5.74, 6) is -2.02. The van der Waals surface area contributed by atoms with E-state index in [1.54, 1.807) is 28.8 Å². The number of nitrogens with zero attached hydrogens (tertiary/aromatic N) is 2. The van der Waals surface area contributed by atoms with Gasteiger partial charge in [-0.15, -0.1) is 0 Å². The Kier molecular flexibility index (Phi) is 2.91. The zero-order chi connectivity index (χ0) is 15.0. The minimum absolute atomic E-state index is 0.158. The molecule has 2 N–H and O–H groups in total. The maximum atomic E-state index is 11.0. The Bertz CT molecular complexity index is 867. The van der Waals surface area contributed by atoms with E-state index in [9.17, 15) is 9.59 Å². The summed E-state index contributed by atoms with van der Waals surface area (Å²) in [6.07, 6.45) is 3.14. The van der Waals surface area contributed by atoms with Crippen molar-refractivity contribution in [1.82, 2.24) is 9.38 Å². The fourth-order valence-electron chi connectivity index (χ4n) is 2.07. The molecule has 0 aliphatic heterocycles. The summed E-state index contributed by atoms with van der Waals surface area (Å²) in [5.41, 5.74) is 2.17. The molecule has 0 spiro atoms. The summed E-state index contributed by atoms with van der Waals surface area (Å²) >= 11 is 0. The Morgan fingerprint density at radius 1 is 0.952 bits per heavy atom. The highest BCUT2D eigenvalue weighted by Gasteiger charge is 2.10. The smallest absolute Gasteiger partial charge is 0.337 e. The van der Waals surface area contributed by atoms with E-state index in [1.807, 2.05) is 0 Å². The molecule has 1 aromatic carbocycles. The average molecular weight is 282 g/mol. The van der Waals surface area contributed by atoms with Crippen LogP contribution in [0.2, 0.25) is 0 Å². The van der Waals surface area contributed by atoms with Gasteiger partial charge >= 0.3 is 11.9 Å². The molecule has 0 aliphatic rings. The van der Waals surface area contributed by atoms with Crippen LogP contribution in [-0.2, 0) is 0 Å². The Morgan fingerprint density at radius 2 is 1.71 bits per heavy atom. The van der Waals surface area contributed by atoms with Gasteiger partial charge < -0.3 is 14.6 Å². The Hall–Kier alpha value is -3.15. The molecule has 6 nitrogen and oxygen atoms in total. The molecule has 0 bridgehead atoms. The molecule has 21 heavy (non-hydrogen) atoms. The van der Waals surface area contributed by atoms with Gasteiger partial charge in [0.05, 0.1) is 16.8 Å². The van der Waals surface area contributed by atoms with Crippen molar-refractivity contribution in [2.45, 2.75) is 0 Å². The monoisotopic (exact) mass is 282 g/mol. The van der Waals surface area contributed by atoms with E-state index in [1.165, 1.54) is 24.4 Å². The van der Waals surface area contributed by atoms with E-state index in [-0.39, 0.29) is 11.1 Å². The van der Waals surface area contributed by atoms with Crippen molar-refractivity contribution in [1.29, 1.82) is 0 Å². The van der Waals surface area contributed by atoms with Gasteiger partial charge in [-0.2, -0.15) is 0 Å². The van der Waals surface area contributed by atoms with Crippen molar-refractivity contribution in [3.8, 4) is 11.3 Å². The van der Waals surface area contributed by atoms with E-state index in [2.05, 4.69) is 4.98 Å². The fraction of sp³-hybridized carbons (Fsp3) is 0. The van der Waals surface area contributed by atoms with Crippen LogP contribution in [0.5, 0.6) is 0 Å². The number of imidazole rings is 1. The van der Waals surface area contributed by atoms with Gasteiger partial charge in [-0.3, -0.25) is 0 Å². The van der Waals surface area contributed by atoms with E-state index in [0.717, 1.165) is 0 Å². The van der Waals surface area contributed by atoms with Crippen LogP contribution < -0.4 is 0 Å². The third kappa shape index (κ3) is 2.34. The van der Waals surface area contributed by atoms with Crippen LogP contribution in [-0.4, -0.2) is 31.5 Å². The summed E-state index contributed by atoms with van der Waals surface area (Å²) in [6, 6.07) is 9.51. The zero-order valence-corrected chi connectivity index (χ0v) is 10.7. The Balaban J connectivity index is 2.10. The number of aromatic carboxylic acids is 2. The van der Waals surface area contributed by atoms with Crippen molar-refractivity contribution in [2.75, 3.05) is 0 Å². The van der Waals surface area contributed by atoms with Gasteiger partial charge in [0.1, 0.15) is 5.65 Å². The molecule has 2 heterocycles. The van der Waals surface area contributed by atoms with Gasteiger partial charge in [-0.25, -0.2) is 14.6 Å². The lowest BCUT2D eigenvalue weighted by Gasteiger charge is -1.98. The van der Waals surface area contributed by atoms with Crippen molar-refractivity contribution in [3.05, 3.63) is 59.9 Å². The summed E-state index contributed by atoms with van der Waals surface area (Å²) < 4.78 is 1.60. The molecule has 104 valence electrons. The van der Waals surface area contributed by atoms with E-state index in [0.29, 0.717) is 16.9 Å². The predicted octanol–water partition coefficient (Wildman–Crippen LogP) is 2.40. The molecule has 6 heteroatoms. The molecule has 3 rings (SSSR count). The first-order chi connectivity index (χ1) is 10.0. The number of carbonyl (C=O) groups is 2. The molecule has 0 fully saturated rings. The number of aromatic nitrogens is 2. The largest absolute Gasteiger partial charge is 0.478 e. The first-order valence-electron chi connectivity index (χ1n) is 6.10. The van der Waals surface area contributed by atoms with E-state index in [4.69, 9.17) is 10.2 Å². The molecule has 0 atom stereocenters. The van der Waals surface area contributed by atoms with Gasteiger partial charge in [0.25, 0.3) is 0 Å². The highest BCUT2D eigenvalue weighted by atomic mass is 16.4. The number of carboxylic acids is 2. The number of fused-ring (bicyclic) bond motifs is 1.